The Labute approximate surface area is 216 Å². The Morgan fingerprint density at radius 1 is 1.05 bits per heavy atom. The van der Waals surface area contributed by atoms with Gasteiger partial charge in [0.2, 0.25) is 0 Å². The van der Waals surface area contributed by atoms with E-state index in [0.717, 1.165) is 24.6 Å². The molecular formula is C23H34FN2O8P3. The van der Waals surface area contributed by atoms with Crippen LogP contribution in [0.15, 0.2) is 24.7 Å². The lowest BCUT2D eigenvalue weighted by Gasteiger charge is -2.25. The van der Waals surface area contributed by atoms with Gasteiger partial charge in [-0.25, -0.2) is 27.4 Å². The summed E-state index contributed by atoms with van der Waals surface area (Å²) in [5.74, 6) is -1.77. The summed E-state index contributed by atoms with van der Waals surface area (Å²) in [5.41, 5.74) is 1.44. The molecule has 0 amide bonds. The SMILES string of the molecule is CCCP(=O)(O)OP(=O)(CCC)OP(=O)(CCC)OC(=O)c1cc(-n2cnc(C3CC3)c2)c(C)cc1F. The van der Waals surface area contributed by atoms with E-state index in [1.54, 1.807) is 38.6 Å². The van der Waals surface area contributed by atoms with Crippen LogP contribution in [0.1, 0.15) is 80.4 Å². The number of carbonyl (C=O) groups is 1. The molecule has 0 bridgehead atoms. The van der Waals surface area contributed by atoms with Gasteiger partial charge in [-0.05, 0) is 56.7 Å². The van der Waals surface area contributed by atoms with Gasteiger partial charge in [0.25, 0.3) is 0 Å². The van der Waals surface area contributed by atoms with Gasteiger partial charge < -0.3 is 14.0 Å². The maximum absolute atomic E-state index is 14.9. The van der Waals surface area contributed by atoms with Gasteiger partial charge in [0.05, 0.1) is 41.8 Å². The molecule has 206 valence electrons. The highest BCUT2D eigenvalue weighted by molar-refractivity contribution is 7.72. The predicted octanol–water partition coefficient (Wildman–Crippen LogP) is 7.19. The Morgan fingerprint density at radius 3 is 2.27 bits per heavy atom. The van der Waals surface area contributed by atoms with Crippen LogP contribution >= 0.6 is 22.8 Å². The summed E-state index contributed by atoms with van der Waals surface area (Å²) in [6, 6.07) is 2.43. The lowest BCUT2D eigenvalue weighted by Crippen LogP contribution is -2.11. The number of aromatic nitrogens is 2. The quantitative estimate of drug-likeness (QED) is 0.231. The molecule has 3 atom stereocenters. The maximum Gasteiger partial charge on any atom is 0.388 e. The highest BCUT2D eigenvalue weighted by Crippen LogP contribution is 2.71. The Morgan fingerprint density at radius 2 is 1.68 bits per heavy atom. The van der Waals surface area contributed by atoms with E-state index >= 15 is 0 Å². The number of halogens is 1. The third kappa shape index (κ3) is 7.95. The van der Waals surface area contributed by atoms with E-state index in [-0.39, 0.29) is 37.7 Å². The summed E-state index contributed by atoms with van der Waals surface area (Å²) in [6.45, 7) is 6.58. The lowest BCUT2D eigenvalue weighted by atomic mass is 10.1. The zero-order chi connectivity index (χ0) is 27.4. The van der Waals surface area contributed by atoms with Gasteiger partial charge in [0.15, 0.2) is 0 Å². The summed E-state index contributed by atoms with van der Waals surface area (Å²) in [7, 11) is -13.2. The first-order valence-electron chi connectivity index (χ1n) is 12.3. The molecule has 1 aliphatic rings. The van der Waals surface area contributed by atoms with E-state index < -0.39 is 40.1 Å². The number of benzene rings is 1. The molecule has 1 N–H and O–H groups in total. The molecule has 0 spiro atoms. The van der Waals surface area contributed by atoms with Gasteiger partial charge in [0, 0.05) is 12.1 Å². The second kappa shape index (κ2) is 12.1. The number of rotatable bonds is 14. The molecule has 2 aromatic rings. The Balaban J connectivity index is 1.89. The van der Waals surface area contributed by atoms with Crippen molar-refractivity contribution < 1.29 is 40.9 Å². The Bertz CT molecular complexity index is 1280. The molecule has 1 fully saturated rings. The standard InChI is InChI=1S/C23H34FN2O8P3/c1-5-10-35(28,29)33-37(31,12-7-3)34-36(30,11-6-2)32-23(27)19-14-22(17(4)13-20(19)24)26-15-21(25-16-26)18-8-9-18/h13-16,18H,5-12H2,1-4H3,(H,28,29). The molecular weight excluding hydrogens is 544 g/mol. The minimum atomic E-state index is -4.47. The molecule has 3 rings (SSSR count). The largest absolute Gasteiger partial charge is 0.388 e. The van der Waals surface area contributed by atoms with Crippen molar-refractivity contribution in [1.29, 1.82) is 0 Å². The lowest BCUT2D eigenvalue weighted by molar-refractivity contribution is 0.0714. The number of hydrogen-bond donors (Lipinski definition) is 1. The van der Waals surface area contributed by atoms with E-state index in [4.69, 9.17) is 13.1 Å². The highest BCUT2D eigenvalue weighted by atomic mass is 31.3. The third-order valence-corrected chi connectivity index (χ3v) is 13.1. The minimum absolute atomic E-state index is 0.197. The number of aryl methyl sites for hydroxylation is 1. The van der Waals surface area contributed by atoms with Gasteiger partial charge in [-0.15, -0.1) is 0 Å². The Hall–Kier alpha value is -1.60. The number of hydrogen-bond acceptors (Lipinski definition) is 8. The molecule has 10 nitrogen and oxygen atoms in total. The van der Waals surface area contributed by atoms with Crippen LogP contribution in [-0.2, 0) is 26.8 Å². The molecule has 1 saturated carbocycles. The molecule has 0 aliphatic heterocycles. The van der Waals surface area contributed by atoms with E-state index in [2.05, 4.69) is 4.98 Å². The van der Waals surface area contributed by atoms with Gasteiger partial charge >= 0.3 is 28.8 Å². The van der Waals surface area contributed by atoms with Crippen molar-refractivity contribution in [1.82, 2.24) is 9.55 Å². The fraction of sp³-hybridized carbons (Fsp3) is 0.565. The van der Waals surface area contributed by atoms with Crippen LogP contribution in [0.5, 0.6) is 0 Å². The number of imidazole rings is 1. The van der Waals surface area contributed by atoms with Gasteiger partial charge in [-0.1, -0.05) is 20.8 Å². The molecule has 1 aromatic carbocycles. The van der Waals surface area contributed by atoms with Crippen molar-refractivity contribution in [2.75, 3.05) is 18.5 Å². The van der Waals surface area contributed by atoms with Gasteiger partial charge in [0.1, 0.15) is 5.82 Å². The van der Waals surface area contributed by atoms with Crippen molar-refractivity contribution in [3.63, 3.8) is 0 Å². The summed E-state index contributed by atoms with van der Waals surface area (Å²) in [5, 5.41) is 0. The molecule has 37 heavy (non-hydrogen) atoms. The zero-order valence-corrected chi connectivity index (χ0v) is 24.1. The predicted molar refractivity (Wildman–Crippen MR) is 138 cm³/mol. The van der Waals surface area contributed by atoms with Crippen molar-refractivity contribution in [3.05, 3.63) is 47.3 Å². The number of carbonyl (C=O) groups excluding carboxylic acids is 1. The first kappa shape index (κ1) is 29.9. The van der Waals surface area contributed by atoms with E-state index in [9.17, 15) is 27.8 Å². The van der Waals surface area contributed by atoms with Crippen molar-refractivity contribution >= 4 is 28.8 Å². The van der Waals surface area contributed by atoms with Crippen LogP contribution in [0.4, 0.5) is 4.39 Å². The van der Waals surface area contributed by atoms with E-state index in [1.165, 1.54) is 6.07 Å². The van der Waals surface area contributed by atoms with Crippen LogP contribution in [-0.4, -0.2) is 38.9 Å². The summed E-state index contributed by atoms with van der Waals surface area (Å²) < 4.78 is 71.1. The fourth-order valence-electron chi connectivity index (χ4n) is 3.79. The van der Waals surface area contributed by atoms with Gasteiger partial charge in [-0.2, -0.15) is 0 Å². The molecule has 1 heterocycles. The van der Waals surface area contributed by atoms with Crippen LogP contribution in [0.25, 0.3) is 5.69 Å². The maximum atomic E-state index is 14.9. The monoisotopic (exact) mass is 578 g/mol. The summed E-state index contributed by atoms with van der Waals surface area (Å²) in [4.78, 5) is 27.4. The minimum Gasteiger partial charge on any atom is -0.388 e. The molecule has 1 aromatic heterocycles. The van der Waals surface area contributed by atoms with Crippen LogP contribution in [0.3, 0.4) is 0 Å². The first-order chi connectivity index (χ1) is 17.3. The van der Waals surface area contributed by atoms with Crippen molar-refractivity contribution in [2.45, 2.75) is 65.7 Å². The third-order valence-electron chi connectivity index (χ3n) is 5.61. The topological polar surface area (TPSA) is 134 Å². The highest BCUT2D eigenvalue weighted by Gasteiger charge is 2.43. The first-order valence-corrected chi connectivity index (χ1v) is 17.6. The zero-order valence-electron chi connectivity index (χ0n) is 21.5. The van der Waals surface area contributed by atoms with Crippen molar-refractivity contribution in [2.24, 2.45) is 0 Å². The molecule has 0 radical (unpaired) electrons. The van der Waals surface area contributed by atoms with Crippen LogP contribution < -0.4 is 0 Å². The van der Waals surface area contributed by atoms with Crippen molar-refractivity contribution in [3.8, 4) is 5.69 Å². The summed E-state index contributed by atoms with van der Waals surface area (Å²) >= 11 is 0. The Kier molecular flexibility index (Phi) is 9.76. The normalized spacial score (nSPS) is 18.5. The molecule has 3 unspecified atom stereocenters. The summed E-state index contributed by atoms with van der Waals surface area (Å²) in [6.07, 6.45) is 5.25. The molecule has 1 aliphatic carbocycles. The second-order valence-corrected chi connectivity index (χ2v) is 15.7. The average molecular weight is 578 g/mol. The van der Waals surface area contributed by atoms with Crippen LogP contribution in [0.2, 0.25) is 0 Å². The molecule has 14 heteroatoms. The van der Waals surface area contributed by atoms with E-state index in [0.29, 0.717) is 17.2 Å². The van der Waals surface area contributed by atoms with E-state index in [1.807, 2.05) is 6.20 Å². The molecule has 0 saturated heterocycles. The fourth-order valence-corrected chi connectivity index (χ4v) is 10.8. The average Bonchev–Trinajstić information content (AvgIpc) is 3.50. The second-order valence-electron chi connectivity index (χ2n) is 9.17. The smallest absolute Gasteiger partial charge is 0.388 e. The van der Waals surface area contributed by atoms with Crippen LogP contribution in [0, 0.1) is 12.7 Å². The number of nitrogens with zero attached hydrogens (tertiary/aromatic N) is 2. The van der Waals surface area contributed by atoms with Gasteiger partial charge in [-0.3, -0.25) is 9.13 Å².